The molecule has 2 fully saturated rings. The molecule has 0 spiro atoms. The Morgan fingerprint density at radius 1 is 1.29 bits per heavy atom. The van der Waals surface area contributed by atoms with E-state index in [0.29, 0.717) is 0 Å². The SMILES string of the molecule is CC1(C)OC2O[C@H](/C=C\O)[C@H](O)[C@H]2O1. The van der Waals surface area contributed by atoms with Gasteiger partial charge in [0, 0.05) is 0 Å². The first-order valence-corrected chi connectivity index (χ1v) is 4.53. The van der Waals surface area contributed by atoms with E-state index in [1.807, 2.05) is 0 Å². The Labute approximate surface area is 81.9 Å². The first kappa shape index (κ1) is 9.92. The Morgan fingerprint density at radius 2 is 2.00 bits per heavy atom. The second kappa shape index (κ2) is 3.20. The lowest BCUT2D eigenvalue weighted by Crippen LogP contribution is -2.33. The van der Waals surface area contributed by atoms with E-state index in [1.54, 1.807) is 13.8 Å². The monoisotopic (exact) mass is 202 g/mol. The van der Waals surface area contributed by atoms with Crippen molar-refractivity contribution >= 4 is 0 Å². The van der Waals surface area contributed by atoms with Crippen LogP contribution in [0.25, 0.3) is 0 Å². The average molecular weight is 202 g/mol. The van der Waals surface area contributed by atoms with E-state index in [1.165, 1.54) is 6.08 Å². The number of hydrogen-bond acceptors (Lipinski definition) is 5. The van der Waals surface area contributed by atoms with E-state index >= 15 is 0 Å². The minimum absolute atomic E-state index is 0.480. The van der Waals surface area contributed by atoms with E-state index < -0.39 is 30.4 Å². The molecule has 5 heteroatoms. The summed E-state index contributed by atoms with van der Waals surface area (Å²) in [5, 5.41) is 18.3. The number of rotatable bonds is 1. The van der Waals surface area contributed by atoms with Crippen molar-refractivity contribution in [3.8, 4) is 0 Å². The Bertz CT molecular complexity index is 250. The zero-order chi connectivity index (χ0) is 10.3. The number of fused-ring (bicyclic) bond motifs is 1. The molecular weight excluding hydrogens is 188 g/mol. The van der Waals surface area contributed by atoms with Gasteiger partial charge in [0.05, 0.1) is 6.26 Å². The minimum atomic E-state index is -0.801. The molecule has 0 amide bonds. The van der Waals surface area contributed by atoms with Crippen LogP contribution in [0.4, 0.5) is 0 Å². The molecule has 1 unspecified atom stereocenters. The molecule has 0 saturated carbocycles. The van der Waals surface area contributed by atoms with Crippen molar-refractivity contribution in [1.82, 2.24) is 0 Å². The number of aliphatic hydroxyl groups excluding tert-OH is 2. The molecule has 0 bridgehead atoms. The third-order valence-corrected chi connectivity index (χ3v) is 2.33. The maximum atomic E-state index is 9.73. The van der Waals surface area contributed by atoms with Gasteiger partial charge in [0.2, 0.25) is 0 Å². The summed E-state index contributed by atoms with van der Waals surface area (Å²) in [6.45, 7) is 3.52. The smallest absolute Gasteiger partial charge is 0.190 e. The number of ether oxygens (including phenoxy) is 3. The lowest BCUT2D eigenvalue weighted by atomic mass is 10.1. The molecular formula is C9H14O5. The molecule has 80 valence electrons. The molecule has 2 aliphatic heterocycles. The van der Waals surface area contributed by atoms with Gasteiger partial charge in [0.15, 0.2) is 12.1 Å². The maximum absolute atomic E-state index is 9.73. The van der Waals surface area contributed by atoms with Gasteiger partial charge >= 0.3 is 0 Å². The second-order valence-corrected chi connectivity index (χ2v) is 3.90. The summed E-state index contributed by atoms with van der Waals surface area (Å²) in [4.78, 5) is 0. The predicted molar refractivity (Wildman–Crippen MR) is 46.5 cm³/mol. The van der Waals surface area contributed by atoms with Crippen LogP contribution < -0.4 is 0 Å². The normalized spacial score (nSPS) is 45.9. The van der Waals surface area contributed by atoms with Crippen LogP contribution in [-0.2, 0) is 14.2 Å². The molecule has 0 aliphatic carbocycles. The first-order chi connectivity index (χ1) is 6.53. The van der Waals surface area contributed by atoms with Gasteiger partial charge in [-0.1, -0.05) is 0 Å². The fourth-order valence-electron chi connectivity index (χ4n) is 1.76. The van der Waals surface area contributed by atoms with E-state index in [-0.39, 0.29) is 0 Å². The topological polar surface area (TPSA) is 68.2 Å². The molecule has 0 aromatic rings. The lowest BCUT2D eigenvalue weighted by Gasteiger charge is -2.21. The fourth-order valence-corrected chi connectivity index (χ4v) is 1.76. The quantitative estimate of drug-likeness (QED) is 0.598. The van der Waals surface area contributed by atoms with Crippen molar-refractivity contribution in [2.45, 2.75) is 44.2 Å². The highest BCUT2D eigenvalue weighted by Crippen LogP contribution is 2.37. The van der Waals surface area contributed by atoms with E-state index in [9.17, 15) is 5.11 Å². The van der Waals surface area contributed by atoms with Crippen molar-refractivity contribution < 1.29 is 24.4 Å². The molecule has 2 heterocycles. The summed E-state index contributed by atoms with van der Waals surface area (Å²) in [6, 6.07) is 0. The van der Waals surface area contributed by atoms with E-state index in [2.05, 4.69) is 0 Å². The van der Waals surface area contributed by atoms with Gasteiger partial charge in [-0.2, -0.15) is 0 Å². The lowest BCUT2D eigenvalue weighted by molar-refractivity contribution is -0.209. The number of aliphatic hydroxyl groups is 2. The fraction of sp³-hybridized carbons (Fsp3) is 0.778. The van der Waals surface area contributed by atoms with Gasteiger partial charge in [0.1, 0.15) is 18.3 Å². The van der Waals surface area contributed by atoms with Gasteiger partial charge in [0.25, 0.3) is 0 Å². The third kappa shape index (κ3) is 1.52. The van der Waals surface area contributed by atoms with Crippen LogP contribution in [0.3, 0.4) is 0 Å². The van der Waals surface area contributed by atoms with Gasteiger partial charge in [-0.25, -0.2) is 0 Å². The molecule has 2 aliphatic rings. The van der Waals surface area contributed by atoms with Crippen LogP contribution in [0.1, 0.15) is 13.8 Å². The van der Waals surface area contributed by atoms with Gasteiger partial charge in [-0.3, -0.25) is 0 Å². The highest BCUT2D eigenvalue weighted by molar-refractivity contribution is 5.00. The molecule has 2 rings (SSSR count). The maximum Gasteiger partial charge on any atom is 0.190 e. The molecule has 0 radical (unpaired) electrons. The van der Waals surface area contributed by atoms with E-state index in [4.69, 9.17) is 19.3 Å². The van der Waals surface area contributed by atoms with Crippen molar-refractivity contribution in [2.75, 3.05) is 0 Å². The number of hydrogen-bond donors (Lipinski definition) is 2. The molecule has 0 aromatic heterocycles. The largest absolute Gasteiger partial charge is 0.516 e. The highest BCUT2D eigenvalue weighted by Gasteiger charge is 2.53. The predicted octanol–water partition coefficient (Wildman–Crippen LogP) is 0.295. The first-order valence-electron chi connectivity index (χ1n) is 4.53. The van der Waals surface area contributed by atoms with Gasteiger partial charge < -0.3 is 24.4 Å². The Kier molecular flexibility index (Phi) is 2.27. The van der Waals surface area contributed by atoms with Crippen LogP contribution in [-0.4, -0.2) is 40.6 Å². The van der Waals surface area contributed by atoms with Crippen LogP contribution in [0.15, 0.2) is 12.3 Å². The zero-order valence-corrected chi connectivity index (χ0v) is 8.08. The van der Waals surface area contributed by atoms with Crippen molar-refractivity contribution in [1.29, 1.82) is 0 Å². The van der Waals surface area contributed by atoms with Gasteiger partial charge in [-0.05, 0) is 19.9 Å². The van der Waals surface area contributed by atoms with Crippen LogP contribution in [0, 0.1) is 0 Å². The molecule has 5 nitrogen and oxygen atoms in total. The zero-order valence-electron chi connectivity index (χ0n) is 8.08. The van der Waals surface area contributed by atoms with Crippen molar-refractivity contribution in [3.05, 3.63) is 12.3 Å². The van der Waals surface area contributed by atoms with Crippen LogP contribution >= 0.6 is 0 Å². The summed E-state index contributed by atoms with van der Waals surface area (Å²) in [6.07, 6.45) is -0.188. The summed E-state index contributed by atoms with van der Waals surface area (Å²) in [5.41, 5.74) is 0. The van der Waals surface area contributed by atoms with E-state index in [0.717, 1.165) is 6.26 Å². The molecule has 0 aromatic carbocycles. The van der Waals surface area contributed by atoms with Gasteiger partial charge in [-0.15, -0.1) is 0 Å². The standard InChI is InChI=1S/C9H14O5/c1-9(2)13-7-6(11)5(3-4-10)12-8(7)14-9/h3-8,10-11H,1-2H3/b4-3-/t5-,6+,7-,8?/m1/s1. The molecule has 4 atom stereocenters. The Balaban J connectivity index is 2.07. The average Bonchev–Trinajstić information content (AvgIpc) is 2.50. The summed E-state index contributed by atoms with van der Waals surface area (Å²) < 4.78 is 16.2. The minimum Gasteiger partial charge on any atom is -0.516 e. The van der Waals surface area contributed by atoms with Crippen molar-refractivity contribution in [2.24, 2.45) is 0 Å². The van der Waals surface area contributed by atoms with Crippen LogP contribution in [0.5, 0.6) is 0 Å². The molecule has 2 N–H and O–H groups in total. The van der Waals surface area contributed by atoms with Crippen molar-refractivity contribution in [3.63, 3.8) is 0 Å². The summed E-state index contributed by atoms with van der Waals surface area (Å²) >= 11 is 0. The second-order valence-electron chi connectivity index (χ2n) is 3.90. The molecule has 14 heavy (non-hydrogen) atoms. The molecule has 2 saturated heterocycles. The summed E-state index contributed by atoms with van der Waals surface area (Å²) in [7, 11) is 0. The Morgan fingerprint density at radius 3 is 2.57 bits per heavy atom. The Hall–Kier alpha value is -0.620. The highest BCUT2D eigenvalue weighted by atomic mass is 16.8. The third-order valence-electron chi connectivity index (χ3n) is 2.33. The van der Waals surface area contributed by atoms with Crippen LogP contribution in [0.2, 0.25) is 0 Å². The summed E-state index contributed by atoms with van der Waals surface area (Å²) in [5.74, 6) is -0.718.